The molecule has 4 nitrogen and oxygen atoms in total. The lowest BCUT2D eigenvalue weighted by atomic mass is 10.1. The monoisotopic (exact) mass is 261 g/mol. The van der Waals surface area contributed by atoms with Gasteiger partial charge < -0.3 is 10.2 Å². The molecule has 0 saturated heterocycles. The van der Waals surface area contributed by atoms with E-state index in [-0.39, 0.29) is 5.91 Å². The lowest BCUT2D eigenvalue weighted by molar-refractivity contribution is 0.102. The first kappa shape index (κ1) is 12.6. The number of nitrogens with zero attached hydrogens (tertiary/aromatic N) is 2. The van der Waals surface area contributed by atoms with Gasteiger partial charge in [-0.1, -0.05) is 6.07 Å². The zero-order valence-electron chi connectivity index (χ0n) is 10.6. The lowest BCUT2D eigenvalue weighted by Gasteiger charge is -2.17. The Hall–Kier alpha value is -1.88. The number of aromatic nitrogens is 1. The summed E-state index contributed by atoms with van der Waals surface area (Å²) in [7, 11) is 3.96. The van der Waals surface area contributed by atoms with Gasteiger partial charge in [-0.3, -0.25) is 4.79 Å². The molecule has 94 valence electrons. The fourth-order valence-electron chi connectivity index (χ4n) is 1.69. The van der Waals surface area contributed by atoms with Crippen molar-refractivity contribution >= 4 is 28.6 Å². The van der Waals surface area contributed by atoms with Gasteiger partial charge in [-0.15, -0.1) is 11.3 Å². The second kappa shape index (κ2) is 5.18. The number of nitrogens with one attached hydrogen (secondary N) is 1. The van der Waals surface area contributed by atoms with E-state index in [1.807, 2.05) is 44.1 Å². The van der Waals surface area contributed by atoms with Gasteiger partial charge in [-0.25, -0.2) is 4.98 Å². The second-order valence-corrected chi connectivity index (χ2v) is 4.94. The van der Waals surface area contributed by atoms with E-state index in [2.05, 4.69) is 10.3 Å². The van der Waals surface area contributed by atoms with Gasteiger partial charge in [0.05, 0.1) is 5.51 Å². The SMILES string of the molecule is Cc1ccc(NC(=O)c2cscn2)cc1N(C)C. The number of carbonyl (C=O) groups excluding carboxylic acids is 1. The molecule has 0 fully saturated rings. The molecule has 1 aromatic carbocycles. The molecule has 2 rings (SSSR count). The molecule has 0 unspecified atom stereocenters. The van der Waals surface area contributed by atoms with Crippen LogP contribution in [0.25, 0.3) is 0 Å². The molecule has 0 atom stereocenters. The smallest absolute Gasteiger partial charge is 0.275 e. The molecule has 1 heterocycles. The Morgan fingerprint density at radius 2 is 2.17 bits per heavy atom. The summed E-state index contributed by atoms with van der Waals surface area (Å²) in [5, 5.41) is 4.58. The largest absolute Gasteiger partial charge is 0.377 e. The van der Waals surface area contributed by atoms with Gasteiger partial charge in [0, 0.05) is 30.9 Å². The van der Waals surface area contributed by atoms with Gasteiger partial charge in [0.15, 0.2) is 0 Å². The third kappa shape index (κ3) is 2.68. The summed E-state index contributed by atoms with van der Waals surface area (Å²) < 4.78 is 0. The highest BCUT2D eigenvalue weighted by Gasteiger charge is 2.09. The van der Waals surface area contributed by atoms with E-state index in [0.717, 1.165) is 11.4 Å². The summed E-state index contributed by atoms with van der Waals surface area (Å²) in [6, 6.07) is 5.85. The maximum absolute atomic E-state index is 11.9. The standard InChI is InChI=1S/C13H15N3OS/c1-9-4-5-10(6-12(9)16(2)3)15-13(17)11-7-18-8-14-11/h4-8H,1-3H3,(H,15,17). The average molecular weight is 261 g/mol. The van der Waals surface area contributed by atoms with E-state index in [4.69, 9.17) is 0 Å². The molecule has 0 aliphatic rings. The number of thiazole rings is 1. The van der Waals surface area contributed by atoms with E-state index in [9.17, 15) is 4.79 Å². The van der Waals surface area contributed by atoms with Gasteiger partial charge in [0.1, 0.15) is 5.69 Å². The molecule has 0 saturated carbocycles. The van der Waals surface area contributed by atoms with Crippen molar-refractivity contribution in [1.29, 1.82) is 0 Å². The van der Waals surface area contributed by atoms with Gasteiger partial charge in [0.25, 0.3) is 5.91 Å². The molecule has 0 bridgehead atoms. The minimum Gasteiger partial charge on any atom is -0.377 e. The molecule has 0 radical (unpaired) electrons. The first-order chi connectivity index (χ1) is 8.58. The van der Waals surface area contributed by atoms with E-state index in [1.165, 1.54) is 16.9 Å². The number of hydrogen-bond acceptors (Lipinski definition) is 4. The lowest BCUT2D eigenvalue weighted by Crippen LogP contribution is -2.14. The molecule has 0 aliphatic carbocycles. The number of anilines is 2. The van der Waals surface area contributed by atoms with Crippen LogP contribution in [0.4, 0.5) is 11.4 Å². The Labute approximate surface area is 110 Å². The van der Waals surface area contributed by atoms with Crippen molar-refractivity contribution in [3.05, 3.63) is 40.3 Å². The van der Waals surface area contributed by atoms with Crippen LogP contribution >= 0.6 is 11.3 Å². The number of aryl methyl sites for hydroxylation is 1. The Kier molecular flexibility index (Phi) is 3.62. The minimum atomic E-state index is -0.176. The van der Waals surface area contributed by atoms with E-state index < -0.39 is 0 Å². The summed E-state index contributed by atoms with van der Waals surface area (Å²) in [6.45, 7) is 2.04. The zero-order chi connectivity index (χ0) is 13.1. The van der Waals surface area contributed by atoms with Crippen molar-refractivity contribution in [2.24, 2.45) is 0 Å². The van der Waals surface area contributed by atoms with Crippen LogP contribution in [-0.4, -0.2) is 25.0 Å². The van der Waals surface area contributed by atoms with Crippen molar-refractivity contribution < 1.29 is 4.79 Å². The molecular formula is C13H15N3OS. The Morgan fingerprint density at radius 1 is 1.39 bits per heavy atom. The minimum absolute atomic E-state index is 0.176. The molecular weight excluding hydrogens is 246 g/mol. The van der Waals surface area contributed by atoms with Gasteiger partial charge in [0.2, 0.25) is 0 Å². The maximum Gasteiger partial charge on any atom is 0.275 e. The molecule has 1 N–H and O–H groups in total. The topological polar surface area (TPSA) is 45.2 Å². The van der Waals surface area contributed by atoms with Gasteiger partial charge in [-0.05, 0) is 24.6 Å². The fourth-order valence-corrected chi connectivity index (χ4v) is 2.22. The summed E-state index contributed by atoms with van der Waals surface area (Å²) in [6.07, 6.45) is 0. The van der Waals surface area contributed by atoms with Crippen LogP contribution in [-0.2, 0) is 0 Å². The van der Waals surface area contributed by atoms with E-state index >= 15 is 0 Å². The zero-order valence-corrected chi connectivity index (χ0v) is 11.4. The number of rotatable bonds is 3. The Morgan fingerprint density at radius 3 is 2.78 bits per heavy atom. The van der Waals surface area contributed by atoms with Crippen molar-refractivity contribution in [3.8, 4) is 0 Å². The van der Waals surface area contributed by atoms with Crippen molar-refractivity contribution in [3.63, 3.8) is 0 Å². The third-order valence-electron chi connectivity index (χ3n) is 2.61. The van der Waals surface area contributed by atoms with Crippen LogP contribution in [0.1, 0.15) is 16.1 Å². The highest BCUT2D eigenvalue weighted by Crippen LogP contribution is 2.22. The predicted octanol–water partition coefficient (Wildman–Crippen LogP) is 2.77. The van der Waals surface area contributed by atoms with Crippen LogP contribution in [0, 0.1) is 6.92 Å². The van der Waals surface area contributed by atoms with Crippen LogP contribution in [0.2, 0.25) is 0 Å². The van der Waals surface area contributed by atoms with Crippen molar-refractivity contribution in [2.75, 3.05) is 24.3 Å². The molecule has 5 heteroatoms. The first-order valence-corrected chi connectivity index (χ1v) is 6.49. The fraction of sp³-hybridized carbons (Fsp3) is 0.231. The molecule has 18 heavy (non-hydrogen) atoms. The Balaban J connectivity index is 2.20. The normalized spacial score (nSPS) is 10.2. The highest BCUT2D eigenvalue weighted by molar-refractivity contribution is 7.07. The molecule has 0 aliphatic heterocycles. The highest BCUT2D eigenvalue weighted by atomic mass is 32.1. The number of hydrogen-bond donors (Lipinski definition) is 1. The van der Waals surface area contributed by atoms with Gasteiger partial charge >= 0.3 is 0 Å². The average Bonchev–Trinajstić information content (AvgIpc) is 2.85. The van der Waals surface area contributed by atoms with Crippen LogP contribution < -0.4 is 10.2 Å². The molecule has 0 spiro atoms. The summed E-state index contributed by atoms with van der Waals surface area (Å²) in [5.41, 5.74) is 5.14. The molecule has 1 amide bonds. The van der Waals surface area contributed by atoms with Crippen molar-refractivity contribution in [2.45, 2.75) is 6.92 Å². The van der Waals surface area contributed by atoms with E-state index in [0.29, 0.717) is 5.69 Å². The third-order valence-corrected chi connectivity index (χ3v) is 3.20. The number of benzene rings is 1. The summed E-state index contributed by atoms with van der Waals surface area (Å²) >= 11 is 1.41. The van der Waals surface area contributed by atoms with Crippen LogP contribution in [0.5, 0.6) is 0 Å². The first-order valence-electron chi connectivity index (χ1n) is 5.55. The Bertz CT molecular complexity index is 549. The summed E-state index contributed by atoms with van der Waals surface area (Å²) in [4.78, 5) is 17.9. The number of carbonyl (C=O) groups is 1. The van der Waals surface area contributed by atoms with Crippen molar-refractivity contribution in [1.82, 2.24) is 4.98 Å². The van der Waals surface area contributed by atoms with Crippen LogP contribution in [0.3, 0.4) is 0 Å². The van der Waals surface area contributed by atoms with Crippen LogP contribution in [0.15, 0.2) is 29.1 Å². The predicted molar refractivity (Wildman–Crippen MR) is 75.6 cm³/mol. The quantitative estimate of drug-likeness (QED) is 0.924. The van der Waals surface area contributed by atoms with E-state index in [1.54, 1.807) is 10.9 Å². The van der Waals surface area contributed by atoms with Gasteiger partial charge in [-0.2, -0.15) is 0 Å². The second-order valence-electron chi connectivity index (χ2n) is 4.22. The molecule has 2 aromatic rings. The number of amides is 1. The molecule has 1 aromatic heterocycles. The summed E-state index contributed by atoms with van der Waals surface area (Å²) in [5.74, 6) is -0.176. The maximum atomic E-state index is 11.9.